The zero-order chi connectivity index (χ0) is 23.4. The van der Waals surface area contributed by atoms with E-state index in [0.717, 1.165) is 5.56 Å². The Balaban J connectivity index is 1.79. The van der Waals surface area contributed by atoms with Gasteiger partial charge in [-0.3, -0.25) is 4.79 Å². The van der Waals surface area contributed by atoms with Gasteiger partial charge in [0.1, 0.15) is 42.7 Å². The average Bonchev–Trinajstić information content (AvgIpc) is 2.78. The molecular weight excluding hydrogens is 426 g/mol. The van der Waals surface area contributed by atoms with E-state index in [0.29, 0.717) is 0 Å². The van der Waals surface area contributed by atoms with Crippen LogP contribution in [0.5, 0.6) is 0 Å². The summed E-state index contributed by atoms with van der Waals surface area (Å²) in [4.78, 5) is 11.9. The summed E-state index contributed by atoms with van der Waals surface area (Å²) in [6.45, 7) is 2.41. The first-order valence-electron chi connectivity index (χ1n) is 10.4. The predicted octanol–water partition coefficient (Wildman–Crippen LogP) is -2.00. The van der Waals surface area contributed by atoms with E-state index in [2.05, 4.69) is 5.32 Å². The van der Waals surface area contributed by atoms with Gasteiger partial charge in [-0.1, -0.05) is 30.3 Å². The van der Waals surface area contributed by atoms with Crippen molar-refractivity contribution in [1.29, 1.82) is 0 Å². The van der Waals surface area contributed by atoms with Crippen LogP contribution in [0.1, 0.15) is 19.4 Å². The highest BCUT2D eigenvalue weighted by atomic mass is 16.7. The fraction of sp³-hybridized carbons (Fsp3) is 0.667. The lowest BCUT2D eigenvalue weighted by Gasteiger charge is -2.47. The Morgan fingerprint density at radius 2 is 1.69 bits per heavy atom. The van der Waals surface area contributed by atoms with E-state index in [4.69, 9.17) is 18.9 Å². The molecule has 0 aromatic heterocycles. The number of rotatable bonds is 7. The molecule has 0 radical (unpaired) electrons. The maximum Gasteiger partial charge on any atom is 0.217 e. The third kappa shape index (κ3) is 5.63. The summed E-state index contributed by atoms with van der Waals surface area (Å²) in [6, 6.07) is 8.29. The van der Waals surface area contributed by atoms with Gasteiger partial charge in [0.2, 0.25) is 5.91 Å². The molecule has 10 unspecified atom stereocenters. The second-order valence-electron chi connectivity index (χ2n) is 8.02. The van der Waals surface area contributed by atoms with Crippen molar-refractivity contribution in [2.24, 2.45) is 0 Å². The van der Waals surface area contributed by atoms with Crippen LogP contribution in [0.15, 0.2) is 30.3 Å². The van der Waals surface area contributed by atoms with Crippen molar-refractivity contribution in [2.75, 3.05) is 6.61 Å². The van der Waals surface area contributed by atoms with Gasteiger partial charge in [0.05, 0.1) is 19.3 Å². The van der Waals surface area contributed by atoms with Crippen LogP contribution in [0.4, 0.5) is 0 Å². The molecule has 11 heteroatoms. The first kappa shape index (κ1) is 25.0. The number of aliphatic hydroxyl groups excluding tert-OH is 5. The summed E-state index contributed by atoms with van der Waals surface area (Å²) in [5.74, 6) is -0.434. The van der Waals surface area contributed by atoms with Crippen LogP contribution in [0.25, 0.3) is 0 Å². The molecule has 0 aliphatic carbocycles. The maximum atomic E-state index is 11.9. The molecule has 10 atom stereocenters. The molecule has 2 fully saturated rings. The number of aliphatic hydroxyl groups is 5. The van der Waals surface area contributed by atoms with E-state index in [-0.39, 0.29) is 6.61 Å². The van der Waals surface area contributed by atoms with Crippen molar-refractivity contribution in [1.82, 2.24) is 5.32 Å². The molecule has 1 amide bonds. The van der Waals surface area contributed by atoms with E-state index >= 15 is 0 Å². The van der Waals surface area contributed by atoms with Crippen molar-refractivity contribution in [2.45, 2.75) is 81.8 Å². The van der Waals surface area contributed by atoms with Crippen LogP contribution < -0.4 is 5.32 Å². The number of ether oxygens (including phenoxy) is 4. The minimum absolute atomic E-state index is 0.164. The zero-order valence-corrected chi connectivity index (χ0v) is 17.9. The average molecular weight is 457 g/mol. The third-order valence-electron chi connectivity index (χ3n) is 5.58. The number of hydrogen-bond acceptors (Lipinski definition) is 10. The Morgan fingerprint density at radius 1 is 1.00 bits per heavy atom. The van der Waals surface area contributed by atoms with Crippen LogP contribution in [0.3, 0.4) is 0 Å². The number of benzene rings is 1. The van der Waals surface area contributed by atoms with Gasteiger partial charge in [-0.05, 0) is 12.5 Å². The first-order valence-corrected chi connectivity index (χ1v) is 10.4. The predicted molar refractivity (Wildman–Crippen MR) is 108 cm³/mol. The molecule has 2 aliphatic rings. The second-order valence-corrected chi connectivity index (χ2v) is 8.02. The van der Waals surface area contributed by atoms with Crippen LogP contribution in [-0.2, 0) is 30.3 Å². The molecule has 2 aliphatic heterocycles. The third-order valence-corrected chi connectivity index (χ3v) is 5.58. The Kier molecular flexibility index (Phi) is 8.55. The summed E-state index contributed by atoms with van der Waals surface area (Å²) in [6.07, 6.45) is -11.7. The molecule has 1 aromatic carbocycles. The van der Waals surface area contributed by atoms with E-state index in [1.807, 2.05) is 30.3 Å². The number of carbonyl (C=O) groups is 1. The molecule has 1 aromatic rings. The summed E-state index contributed by atoms with van der Waals surface area (Å²) in [7, 11) is 0. The van der Waals surface area contributed by atoms with Crippen LogP contribution >= 0.6 is 0 Å². The highest BCUT2D eigenvalue weighted by Crippen LogP contribution is 2.30. The van der Waals surface area contributed by atoms with Crippen LogP contribution in [-0.4, -0.2) is 99.4 Å². The highest BCUT2D eigenvalue weighted by Gasteiger charge is 2.50. The minimum Gasteiger partial charge on any atom is -0.394 e. The monoisotopic (exact) mass is 457 g/mol. The van der Waals surface area contributed by atoms with Crippen LogP contribution in [0, 0.1) is 0 Å². The summed E-state index contributed by atoms with van der Waals surface area (Å²) >= 11 is 0. The maximum absolute atomic E-state index is 11.9. The van der Waals surface area contributed by atoms with Gasteiger partial charge in [0, 0.05) is 6.92 Å². The molecule has 6 N–H and O–H groups in total. The SMILES string of the molecule is CC(=O)NC1C(OCc2ccccc2)OC(C)C(O)C1OC1OC(CO)C(O)C(O)C1O. The number of hydrogen-bond donors (Lipinski definition) is 6. The topological polar surface area (TPSA) is 167 Å². The number of amides is 1. The molecule has 0 spiro atoms. The molecule has 180 valence electrons. The van der Waals surface area contributed by atoms with Crippen molar-refractivity contribution in [3.8, 4) is 0 Å². The molecule has 0 saturated carbocycles. The van der Waals surface area contributed by atoms with Crippen molar-refractivity contribution < 1.29 is 49.3 Å². The van der Waals surface area contributed by atoms with Gasteiger partial charge in [-0.2, -0.15) is 0 Å². The molecule has 2 saturated heterocycles. The van der Waals surface area contributed by atoms with Crippen molar-refractivity contribution in [3.05, 3.63) is 35.9 Å². The normalized spacial score (nSPS) is 40.1. The van der Waals surface area contributed by atoms with E-state index in [9.17, 15) is 30.3 Å². The lowest BCUT2D eigenvalue weighted by Crippen LogP contribution is -2.67. The van der Waals surface area contributed by atoms with Crippen LogP contribution in [0.2, 0.25) is 0 Å². The standard InChI is InChI=1S/C21H31NO10/c1-10-15(25)19(32-21-18(28)17(27)16(26)13(8-23)31-21)14(22-11(2)24)20(30-10)29-9-12-6-4-3-5-7-12/h3-7,10,13-21,23,25-28H,8-9H2,1-2H3,(H,22,24). The van der Waals surface area contributed by atoms with E-state index in [1.54, 1.807) is 6.92 Å². The molecule has 3 rings (SSSR count). The Bertz CT molecular complexity index is 735. The lowest BCUT2D eigenvalue weighted by molar-refractivity contribution is -0.343. The zero-order valence-electron chi connectivity index (χ0n) is 17.9. The summed E-state index contributed by atoms with van der Waals surface area (Å²) in [5.41, 5.74) is 0.864. The molecule has 11 nitrogen and oxygen atoms in total. The van der Waals surface area contributed by atoms with E-state index in [1.165, 1.54) is 6.92 Å². The first-order chi connectivity index (χ1) is 15.2. The van der Waals surface area contributed by atoms with E-state index < -0.39 is 73.9 Å². The Morgan fingerprint density at radius 3 is 2.31 bits per heavy atom. The molecule has 2 heterocycles. The number of nitrogens with one attached hydrogen (secondary N) is 1. The number of carbonyl (C=O) groups excluding carboxylic acids is 1. The highest BCUT2D eigenvalue weighted by molar-refractivity contribution is 5.73. The Hall–Kier alpha value is -1.67. The fourth-order valence-electron chi connectivity index (χ4n) is 3.79. The smallest absolute Gasteiger partial charge is 0.217 e. The summed E-state index contributed by atoms with van der Waals surface area (Å²) < 4.78 is 22.8. The lowest BCUT2D eigenvalue weighted by atomic mass is 9.95. The van der Waals surface area contributed by atoms with Crippen molar-refractivity contribution >= 4 is 5.91 Å². The fourth-order valence-corrected chi connectivity index (χ4v) is 3.79. The molecule has 0 bridgehead atoms. The van der Waals surface area contributed by atoms with Crippen molar-refractivity contribution in [3.63, 3.8) is 0 Å². The largest absolute Gasteiger partial charge is 0.394 e. The Labute approximate surface area is 185 Å². The molecule has 32 heavy (non-hydrogen) atoms. The second kappa shape index (κ2) is 11.0. The summed E-state index contributed by atoms with van der Waals surface area (Å²) in [5, 5.41) is 53.1. The van der Waals surface area contributed by atoms with Gasteiger partial charge in [-0.25, -0.2) is 0 Å². The quantitative estimate of drug-likeness (QED) is 0.269. The molecular formula is C21H31NO10. The van der Waals surface area contributed by atoms with Gasteiger partial charge < -0.3 is 49.8 Å². The van der Waals surface area contributed by atoms with Gasteiger partial charge in [-0.15, -0.1) is 0 Å². The van der Waals surface area contributed by atoms with Gasteiger partial charge in [0.25, 0.3) is 0 Å². The van der Waals surface area contributed by atoms with Gasteiger partial charge >= 0.3 is 0 Å². The van der Waals surface area contributed by atoms with Gasteiger partial charge in [0.15, 0.2) is 12.6 Å². The minimum atomic E-state index is -1.67.